The first kappa shape index (κ1) is 14.8. The maximum atomic E-state index is 12.7. The Balaban J connectivity index is 1.58. The minimum atomic E-state index is -3.49. The van der Waals surface area contributed by atoms with Gasteiger partial charge in [-0.25, -0.2) is 17.8 Å². The molecule has 7 nitrogen and oxygen atoms in total. The van der Waals surface area contributed by atoms with Crippen LogP contribution in [0, 0.1) is 18.8 Å². The van der Waals surface area contributed by atoms with E-state index in [-0.39, 0.29) is 6.04 Å². The number of benzene rings is 1. The van der Waals surface area contributed by atoms with Crippen LogP contribution in [0.1, 0.15) is 31.2 Å². The van der Waals surface area contributed by atoms with Crippen LogP contribution >= 0.6 is 0 Å². The SMILES string of the molecule is Cc1cc(S(=O)(=O)N[C@@H]2C[C@@H]3CC[C@H]2C3)ccc1-n1cnnn1. The molecule has 2 aliphatic carbocycles. The first-order valence-corrected chi connectivity index (χ1v) is 9.37. The van der Waals surface area contributed by atoms with E-state index < -0.39 is 10.0 Å². The summed E-state index contributed by atoms with van der Waals surface area (Å²) in [7, 11) is -3.49. The lowest BCUT2D eigenvalue weighted by Gasteiger charge is -2.23. The van der Waals surface area contributed by atoms with Gasteiger partial charge in [-0.2, -0.15) is 0 Å². The van der Waals surface area contributed by atoms with Crippen molar-refractivity contribution in [3.8, 4) is 5.69 Å². The third kappa shape index (κ3) is 2.66. The number of nitrogens with zero attached hydrogens (tertiary/aromatic N) is 4. The third-order valence-corrected chi connectivity index (χ3v) is 6.61. The van der Waals surface area contributed by atoms with Gasteiger partial charge in [0.2, 0.25) is 10.0 Å². The molecular weight excluding hydrogens is 314 g/mol. The molecule has 0 saturated heterocycles. The van der Waals surface area contributed by atoms with Gasteiger partial charge in [-0.15, -0.1) is 5.10 Å². The molecule has 2 fully saturated rings. The number of tetrazole rings is 1. The first-order valence-electron chi connectivity index (χ1n) is 7.89. The van der Waals surface area contributed by atoms with Crippen LogP contribution in [-0.2, 0) is 10.0 Å². The van der Waals surface area contributed by atoms with Gasteiger partial charge >= 0.3 is 0 Å². The molecule has 0 amide bonds. The van der Waals surface area contributed by atoms with Gasteiger partial charge in [0.25, 0.3) is 0 Å². The van der Waals surface area contributed by atoms with Gasteiger partial charge < -0.3 is 0 Å². The van der Waals surface area contributed by atoms with E-state index in [1.54, 1.807) is 18.2 Å². The quantitative estimate of drug-likeness (QED) is 0.914. The van der Waals surface area contributed by atoms with Gasteiger partial charge in [0, 0.05) is 6.04 Å². The number of aryl methyl sites for hydroxylation is 1. The topological polar surface area (TPSA) is 89.8 Å². The van der Waals surface area contributed by atoms with Crippen LogP contribution in [0.25, 0.3) is 5.69 Å². The molecule has 122 valence electrons. The summed E-state index contributed by atoms with van der Waals surface area (Å²) < 4.78 is 29.7. The molecule has 2 bridgehead atoms. The van der Waals surface area contributed by atoms with E-state index in [2.05, 4.69) is 20.2 Å². The minimum absolute atomic E-state index is 0.0956. The lowest BCUT2D eigenvalue weighted by atomic mass is 9.96. The largest absolute Gasteiger partial charge is 0.240 e. The molecule has 23 heavy (non-hydrogen) atoms. The molecule has 4 rings (SSSR count). The Bertz CT molecular complexity index is 818. The molecule has 1 N–H and O–H groups in total. The molecule has 0 unspecified atom stereocenters. The summed E-state index contributed by atoms with van der Waals surface area (Å²) in [6.07, 6.45) is 6.04. The maximum Gasteiger partial charge on any atom is 0.240 e. The first-order chi connectivity index (χ1) is 11.0. The van der Waals surface area contributed by atoms with Crippen LogP contribution in [-0.4, -0.2) is 34.7 Å². The van der Waals surface area contributed by atoms with Crippen molar-refractivity contribution in [3.63, 3.8) is 0 Å². The van der Waals surface area contributed by atoms with Crippen molar-refractivity contribution < 1.29 is 8.42 Å². The number of rotatable bonds is 4. The third-order valence-electron chi connectivity index (χ3n) is 5.12. The van der Waals surface area contributed by atoms with Gasteiger partial charge in [0.15, 0.2) is 0 Å². The standard InChI is InChI=1S/C15H19N5O2S/c1-10-6-13(4-5-15(10)20-9-16-18-19-20)23(21,22)17-14-8-11-2-3-12(14)7-11/h4-6,9,11-12,14,17H,2-3,7-8H2,1H3/t11-,12+,14-/m1/s1. The zero-order valence-corrected chi connectivity index (χ0v) is 13.7. The van der Waals surface area contributed by atoms with Crippen LogP contribution in [0.5, 0.6) is 0 Å². The fourth-order valence-corrected chi connectivity index (χ4v) is 5.38. The Morgan fingerprint density at radius 3 is 2.74 bits per heavy atom. The number of nitrogens with one attached hydrogen (secondary N) is 1. The summed E-state index contributed by atoms with van der Waals surface area (Å²) in [4.78, 5) is 0.301. The van der Waals surface area contributed by atoms with E-state index in [0.717, 1.165) is 24.1 Å². The molecule has 0 radical (unpaired) electrons. The van der Waals surface area contributed by atoms with Crippen molar-refractivity contribution in [1.29, 1.82) is 0 Å². The molecule has 2 saturated carbocycles. The fraction of sp³-hybridized carbons (Fsp3) is 0.533. The number of fused-ring (bicyclic) bond motifs is 2. The molecule has 1 aromatic carbocycles. The second-order valence-electron chi connectivity index (χ2n) is 6.61. The monoisotopic (exact) mass is 333 g/mol. The summed E-state index contributed by atoms with van der Waals surface area (Å²) in [6.45, 7) is 1.85. The van der Waals surface area contributed by atoms with Gasteiger partial charge in [-0.05, 0) is 72.2 Å². The van der Waals surface area contributed by atoms with E-state index in [9.17, 15) is 8.42 Å². The molecule has 1 heterocycles. The van der Waals surface area contributed by atoms with Crippen molar-refractivity contribution in [2.75, 3.05) is 0 Å². The lowest BCUT2D eigenvalue weighted by molar-refractivity contribution is 0.390. The highest BCUT2D eigenvalue weighted by Gasteiger charge is 2.41. The number of hydrogen-bond donors (Lipinski definition) is 1. The predicted octanol–water partition coefficient (Wildman–Crippen LogP) is 1.44. The maximum absolute atomic E-state index is 12.7. The molecule has 2 aromatic rings. The number of sulfonamides is 1. The van der Waals surface area contributed by atoms with Crippen molar-refractivity contribution in [2.24, 2.45) is 11.8 Å². The van der Waals surface area contributed by atoms with Crippen molar-refractivity contribution in [3.05, 3.63) is 30.1 Å². The molecular formula is C15H19N5O2S. The smallest absolute Gasteiger partial charge is 0.208 e. The van der Waals surface area contributed by atoms with Crippen molar-refractivity contribution in [1.82, 2.24) is 24.9 Å². The van der Waals surface area contributed by atoms with Crippen LogP contribution in [0.15, 0.2) is 29.4 Å². The van der Waals surface area contributed by atoms with Crippen LogP contribution in [0.2, 0.25) is 0 Å². The van der Waals surface area contributed by atoms with Crippen LogP contribution < -0.4 is 4.72 Å². The Morgan fingerprint density at radius 2 is 2.13 bits per heavy atom. The molecule has 0 aliphatic heterocycles. The average molecular weight is 333 g/mol. The number of hydrogen-bond acceptors (Lipinski definition) is 5. The molecule has 3 atom stereocenters. The number of aromatic nitrogens is 4. The highest BCUT2D eigenvalue weighted by atomic mass is 32.2. The zero-order valence-electron chi connectivity index (χ0n) is 12.9. The van der Waals surface area contributed by atoms with E-state index in [1.807, 2.05) is 6.92 Å². The Labute approximate surface area is 135 Å². The lowest BCUT2D eigenvalue weighted by Crippen LogP contribution is -2.38. The van der Waals surface area contributed by atoms with Crippen LogP contribution in [0.4, 0.5) is 0 Å². The average Bonchev–Trinajstić information content (AvgIpc) is 3.24. The second kappa shape index (κ2) is 5.38. The fourth-order valence-electron chi connectivity index (χ4n) is 3.98. The van der Waals surface area contributed by atoms with E-state index in [4.69, 9.17) is 0 Å². The van der Waals surface area contributed by atoms with Gasteiger partial charge in [0.1, 0.15) is 6.33 Å². The molecule has 0 spiro atoms. The molecule has 8 heteroatoms. The predicted molar refractivity (Wildman–Crippen MR) is 83.4 cm³/mol. The van der Waals surface area contributed by atoms with Crippen LogP contribution in [0.3, 0.4) is 0 Å². The van der Waals surface area contributed by atoms with Gasteiger partial charge in [-0.3, -0.25) is 0 Å². The highest BCUT2D eigenvalue weighted by Crippen LogP contribution is 2.44. The summed E-state index contributed by atoms with van der Waals surface area (Å²) in [5.74, 6) is 1.22. The Hall–Kier alpha value is -1.80. The zero-order chi connectivity index (χ0) is 16.0. The molecule has 1 aromatic heterocycles. The Kier molecular flexibility index (Phi) is 3.46. The van der Waals surface area contributed by atoms with Gasteiger partial charge in [0.05, 0.1) is 10.6 Å². The van der Waals surface area contributed by atoms with E-state index in [0.29, 0.717) is 16.7 Å². The molecule has 2 aliphatic rings. The van der Waals surface area contributed by atoms with E-state index >= 15 is 0 Å². The summed E-state index contributed by atoms with van der Waals surface area (Å²) >= 11 is 0. The summed E-state index contributed by atoms with van der Waals surface area (Å²) in [6, 6.07) is 5.12. The summed E-state index contributed by atoms with van der Waals surface area (Å²) in [5.41, 5.74) is 1.59. The second-order valence-corrected chi connectivity index (χ2v) is 8.32. The Morgan fingerprint density at radius 1 is 1.26 bits per heavy atom. The van der Waals surface area contributed by atoms with Gasteiger partial charge in [-0.1, -0.05) is 6.42 Å². The highest BCUT2D eigenvalue weighted by molar-refractivity contribution is 7.89. The van der Waals surface area contributed by atoms with E-state index in [1.165, 1.54) is 23.9 Å². The normalized spacial score (nSPS) is 26.7. The summed E-state index contributed by atoms with van der Waals surface area (Å²) in [5, 5.41) is 11.0. The van der Waals surface area contributed by atoms with Crippen molar-refractivity contribution >= 4 is 10.0 Å². The van der Waals surface area contributed by atoms with Crippen molar-refractivity contribution in [2.45, 2.75) is 43.5 Å². The minimum Gasteiger partial charge on any atom is -0.208 e.